The highest BCUT2D eigenvalue weighted by molar-refractivity contribution is 5.67. The van der Waals surface area contributed by atoms with E-state index in [1.54, 1.807) is 6.26 Å². The maximum atomic E-state index is 5.90. The third-order valence-corrected chi connectivity index (χ3v) is 2.48. The summed E-state index contributed by atoms with van der Waals surface area (Å²) in [5.74, 6) is 1.39. The summed E-state index contributed by atoms with van der Waals surface area (Å²) >= 11 is 0. The van der Waals surface area contributed by atoms with Crippen molar-refractivity contribution >= 4 is 5.69 Å². The van der Waals surface area contributed by atoms with E-state index in [2.05, 4.69) is 18.9 Å². The lowest BCUT2D eigenvalue weighted by atomic mass is 10.1. The van der Waals surface area contributed by atoms with Crippen molar-refractivity contribution in [3.05, 3.63) is 24.6 Å². The molecule has 2 aromatic rings. The zero-order valence-corrected chi connectivity index (χ0v) is 9.68. The molecule has 86 valence electrons. The summed E-state index contributed by atoms with van der Waals surface area (Å²) in [6.45, 7) is 5.28. The number of anilines is 1. The van der Waals surface area contributed by atoms with Crippen molar-refractivity contribution in [1.82, 2.24) is 9.78 Å². The minimum atomic E-state index is 0.664. The Bertz CT molecular complexity index is 443. The Morgan fingerprint density at radius 3 is 2.94 bits per heavy atom. The average molecular weight is 219 g/mol. The fourth-order valence-corrected chi connectivity index (χ4v) is 1.55. The van der Waals surface area contributed by atoms with Gasteiger partial charge in [0.15, 0.2) is 11.5 Å². The number of aryl methyl sites for hydroxylation is 1. The van der Waals surface area contributed by atoms with E-state index in [0.29, 0.717) is 11.6 Å². The maximum Gasteiger partial charge on any atom is 0.156 e. The molecule has 4 heteroatoms. The fraction of sp³-hybridized carbons (Fsp3) is 0.417. The molecule has 0 saturated heterocycles. The third kappa shape index (κ3) is 2.27. The number of rotatable bonds is 4. The first-order valence-corrected chi connectivity index (χ1v) is 5.53. The van der Waals surface area contributed by atoms with Crippen LogP contribution in [0.25, 0.3) is 11.5 Å². The van der Waals surface area contributed by atoms with Crippen LogP contribution in [0.1, 0.15) is 20.3 Å². The van der Waals surface area contributed by atoms with Crippen LogP contribution >= 0.6 is 0 Å². The number of nitrogen functional groups attached to an aromatic ring is 1. The van der Waals surface area contributed by atoms with Gasteiger partial charge in [0.25, 0.3) is 0 Å². The van der Waals surface area contributed by atoms with E-state index < -0.39 is 0 Å². The van der Waals surface area contributed by atoms with Gasteiger partial charge < -0.3 is 10.2 Å². The van der Waals surface area contributed by atoms with Crippen molar-refractivity contribution in [3.63, 3.8) is 0 Å². The van der Waals surface area contributed by atoms with Crippen LogP contribution in [0.3, 0.4) is 0 Å². The molecule has 2 heterocycles. The lowest BCUT2D eigenvalue weighted by molar-refractivity contribution is 0.486. The molecule has 0 amide bonds. The van der Waals surface area contributed by atoms with E-state index in [1.165, 1.54) is 0 Å². The summed E-state index contributed by atoms with van der Waals surface area (Å²) in [6.07, 6.45) is 4.58. The topological polar surface area (TPSA) is 57.0 Å². The summed E-state index contributed by atoms with van der Waals surface area (Å²) in [5, 5.41) is 4.42. The van der Waals surface area contributed by atoms with E-state index in [0.717, 1.165) is 24.4 Å². The molecule has 0 atom stereocenters. The predicted molar refractivity (Wildman–Crippen MR) is 63.8 cm³/mol. The molecule has 0 unspecified atom stereocenters. The number of hydrogen-bond acceptors (Lipinski definition) is 3. The fourth-order valence-electron chi connectivity index (χ4n) is 1.55. The van der Waals surface area contributed by atoms with Crippen molar-refractivity contribution in [1.29, 1.82) is 0 Å². The molecule has 4 nitrogen and oxygen atoms in total. The van der Waals surface area contributed by atoms with Crippen molar-refractivity contribution in [2.45, 2.75) is 26.8 Å². The molecule has 0 aromatic carbocycles. The Labute approximate surface area is 95.1 Å². The van der Waals surface area contributed by atoms with Gasteiger partial charge in [0.2, 0.25) is 0 Å². The van der Waals surface area contributed by atoms with Gasteiger partial charge in [-0.2, -0.15) is 5.10 Å². The van der Waals surface area contributed by atoms with Gasteiger partial charge in [0.05, 0.1) is 12.0 Å². The van der Waals surface area contributed by atoms with Crippen LogP contribution in [-0.2, 0) is 6.54 Å². The van der Waals surface area contributed by atoms with Crippen molar-refractivity contribution < 1.29 is 4.42 Å². The summed E-state index contributed by atoms with van der Waals surface area (Å²) in [5.41, 5.74) is 7.29. The monoisotopic (exact) mass is 219 g/mol. The van der Waals surface area contributed by atoms with Gasteiger partial charge in [-0.25, -0.2) is 0 Å². The summed E-state index contributed by atoms with van der Waals surface area (Å²) in [4.78, 5) is 0. The summed E-state index contributed by atoms with van der Waals surface area (Å²) in [7, 11) is 0. The second-order valence-electron chi connectivity index (χ2n) is 4.36. The smallest absolute Gasteiger partial charge is 0.156 e. The highest BCUT2D eigenvalue weighted by atomic mass is 16.3. The van der Waals surface area contributed by atoms with Crippen LogP contribution in [0.2, 0.25) is 0 Å². The first-order chi connectivity index (χ1) is 7.66. The van der Waals surface area contributed by atoms with Gasteiger partial charge in [0, 0.05) is 12.7 Å². The highest BCUT2D eigenvalue weighted by Gasteiger charge is 2.10. The van der Waals surface area contributed by atoms with E-state index in [9.17, 15) is 0 Å². The van der Waals surface area contributed by atoms with E-state index >= 15 is 0 Å². The molecule has 0 aliphatic heterocycles. The van der Waals surface area contributed by atoms with Gasteiger partial charge in [-0.3, -0.25) is 4.68 Å². The molecule has 0 spiro atoms. The highest BCUT2D eigenvalue weighted by Crippen LogP contribution is 2.24. The zero-order valence-electron chi connectivity index (χ0n) is 9.68. The number of nitrogens with two attached hydrogens (primary N) is 1. The molecular weight excluding hydrogens is 202 g/mol. The van der Waals surface area contributed by atoms with Crippen LogP contribution in [-0.4, -0.2) is 9.78 Å². The Morgan fingerprint density at radius 1 is 1.50 bits per heavy atom. The molecule has 0 radical (unpaired) electrons. The van der Waals surface area contributed by atoms with Crippen LogP contribution in [0.5, 0.6) is 0 Å². The molecule has 0 aliphatic rings. The lowest BCUT2D eigenvalue weighted by Crippen LogP contribution is -2.01. The summed E-state index contributed by atoms with van der Waals surface area (Å²) < 4.78 is 7.17. The molecular formula is C12H17N3O. The van der Waals surface area contributed by atoms with Crippen LogP contribution in [0.4, 0.5) is 5.69 Å². The first kappa shape index (κ1) is 10.8. The molecule has 0 bridgehead atoms. The van der Waals surface area contributed by atoms with Gasteiger partial charge in [0.1, 0.15) is 0 Å². The second-order valence-corrected chi connectivity index (χ2v) is 4.36. The molecule has 16 heavy (non-hydrogen) atoms. The molecule has 2 rings (SSSR count). The summed E-state index contributed by atoms with van der Waals surface area (Å²) in [6, 6.07) is 3.70. The Hall–Kier alpha value is -1.71. The largest absolute Gasteiger partial charge is 0.463 e. The predicted octanol–water partition coefficient (Wildman–Crippen LogP) is 2.77. The van der Waals surface area contributed by atoms with Crippen molar-refractivity contribution in [3.8, 4) is 11.5 Å². The van der Waals surface area contributed by atoms with Crippen molar-refractivity contribution in [2.24, 2.45) is 5.92 Å². The standard InChI is InChI=1S/C12H17N3O/c1-9(2)5-6-15-8-10(13)12(14-15)11-4-3-7-16-11/h3-4,7-9H,5-6,13H2,1-2H3. The molecule has 0 aliphatic carbocycles. The molecule has 0 saturated carbocycles. The normalized spacial score (nSPS) is 11.2. The Morgan fingerprint density at radius 2 is 2.31 bits per heavy atom. The zero-order chi connectivity index (χ0) is 11.5. The minimum Gasteiger partial charge on any atom is -0.463 e. The minimum absolute atomic E-state index is 0.664. The molecule has 2 aromatic heterocycles. The maximum absolute atomic E-state index is 5.90. The quantitative estimate of drug-likeness (QED) is 0.860. The number of furan rings is 1. The Kier molecular flexibility index (Phi) is 2.99. The van der Waals surface area contributed by atoms with E-state index in [1.807, 2.05) is 23.0 Å². The second kappa shape index (κ2) is 4.43. The number of aromatic nitrogens is 2. The third-order valence-electron chi connectivity index (χ3n) is 2.48. The number of hydrogen-bond donors (Lipinski definition) is 1. The number of nitrogens with zero attached hydrogens (tertiary/aromatic N) is 2. The van der Waals surface area contributed by atoms with Gasteiger partial charge >= 0.3 is 0 Å². The average Bonchev–Trinajstić information content (AvgIpc) is 2.83. The van der Waals surface area contributed by atoms with E-state index in [4.69, 9.17) is 10.2 Å². The SMILES string of the molecule is CC(C)CCn1cc(N)c(-c2ccco2)n1. The Balaban J connectivity index is 2.16. The van der Waals surface area contributed by atoms with Gasteiger partial charge in [-0.15, -0.1) is 0 Å². The van der Waals surface area contributed by atoms with Crippen LogP contribution in [0.15, 0.2) is 29.0 Å². The molecule has 2 N–H and O–H groups in total. The lowest BCUT2D eigenvalue weighted by Gasteiger charge is -2.03. The molecule has 0 fully saturated rings. The van der Waals surface area contributed by atoms with E-state index in [-0.39, 0.29) is 0 Å². The first-order valence-electron chi connectivity index (χ1n) is 5.53. The van der Waals surface area contributed by atoms with Crippen molar-refractivity contribution in [2.75, 3.05) is 5.73 Å². The van der Waals surface area contributed by atoms with Gasteiger partial charge in [-0.05, 0) is 24.5 Å². The van der Waals surface area contributed by atoms with Crippen LogP contribution in [0, 0.1) is 5.92 Å². The van der Waals surface area contributed by atoms with Gasteiger partial charge in [-0.1, -0.05) is 13.8 Å². The van der Waals surface area contributed by atoms with Crippen LogP contribution < -0.4 is 5.73 Å².